The van der Waals surface area contributed by atoms with Crippen LogP contribution in [0, 0.1) is 27.7 Å². The lowest BCUT2D eigenvalue weighted by molar-refractivity contribution is 0.633. The molecule has 0 aromatic heterocycles. The molecule has 2 aromatic rings. The number of hydrogen-bond acceptors (Lipinski definition) is 2. The summed E-state index contributed by atoms with van der Waals surface area (Å²) < 4.78 is 0. The van der Waals surface area contributed by atoms with Crippen LogP contribution >= 0.6 is 0 Å². The second-order valence-corrected chi connectivity index (χ2v) is 5.30. The van der Waals surface area contributed by atoms with Gasteiger partial charge in [0.05, 0.1) is 6.04 Å². The quantitative estimate of drug-likeness (QED) is 0.650. The molecule has 0 saturated carbocycles. The van der Waals surface area contributed by atoms with Crippen molar-refractivity contribution in [3.05, 3.63) is 69.8 Å². The molecule has 100 valence electrons. The molecular weight excluding hydrogens is 232 g/mol. The molecule has 0 aliphatic heterocycles. The summed E-state index contributed by atoms with van der Waals surface area (Å²) >= 11 is 0. The molecule has 0 aliphatic rings. The van der Waals surface area contributed by atoms with E-state index in [1.54, 1.807) is 0 Å². The predicted molar refractivity (Wildman–Crippen MR) is 81.0 cm³/mol. The van der Waals surface area contributed by atoms with Gasteiger partial charge in [-0.15, -0.1) is 0 Å². The Bertz CT molecular complexity index is 571. The van der Waals surface area contributed by atoms with Crippen molar-refractivity contribution in [1.29, 1.82) is 0 Å². The van der Waals surface area contributed by atoms with Crippen LogP contribution in [0.3, 0.4) is 0 Å². The molecule has 2 rings (SSSR count). The Kier molecular flexibility index (Phi) is 4.03. The Balaban J connectivity index is 2.47. The average molecular weight is 254 g/mol. The Morgan fingerprint density at radius 3 is 2.00 bits per heavy atom. The van der Waals surface area contributed by atoms with Crippen LogP contribution in [-0.2, 0) is 0 Å². The Labute approximate surface area is 115 Å². The minimum atomic E-state index is 0.0416. The summed E-state index contributed by atoms with van der Waals surface area (Å²) in [5, 5.41) is 0. The largest absolute Gasteiger partial charge is 0.271 e. The summed E-state index contributed by atoms with van der Waals surface area (Å²) in [5.41, 5.74) is 10.5. The lowest BCUT2D eigenvalue weighted by Gasteiger charge is -2.20. The third-order valence-corrected chi connectivity index (χ3v) is 3.77. The van der Waals surface area contributed by atoms with Gasteiger partial charge < -0.3 is 0 Å². The van der Waals surface area contributed by atoms with E-state index in [0.717, 1.165) is 0 Å². The number of aryl methyl sites for hydroxylation is 4. The lowest BCUT2D eigenvalue weighted by Crippen LogP contribution is -2.29. The predicted octanol–water partition coefficient (Wildman–Crippen LogP) is 3.47. The molecule has 3 N–H and O–H groups in total. The molecule has 1 unspecified atom stereocenters. The second kappa shape index (κ2) is 5.55. The van der Waals surface area contributed by atoms with Gasteiger partial charge in [0.15, 0.2) is 0 Å². The van der Waals surface area contributed by atoms with Crippen molar-refractivity contribution >= 4 is 0 Å². The average Bonchev–Trinajstić information content (AvgIpc) is 2.38. The van der Waals surface area contributed by atoms with E-state index in [9.17, 15) is 0 Å². The van der Waals surface area contributed by atoms with Crippen molar-refractivity contribution in [2.24, 2.45) is 5.84 Å². The number of hydrazine groups is 1. The third-order valence-electron chi connectivity index (χ3n) is 3.77. The van der Waals surface area contributed by atoms with E-state index in [1.165, 1.54) is 33.4 Å². The van der Waals surface area contributed by atoms with E-state index >= 15 is 0 Å². The van der Waals surface area contributed by atoms with Gasteiger partial charge in [0.25, 0.3) is 0 Å². The van der Waals surface area contributed by atoms with Crippen molar-refractivity contribution in [2.75, 3.05) is 0 Å². The van der Waals surface area contributed by atoms with Crippen LogP contribution in [0.4, 0.5) is 0 Å². The van der Waals surface area contributed by atoms with Gasteiger partial charge in [-0.05, 0) is 55.5 Å². The van der Waals surface area contributed by atoms with Crippen LogP contribution in [0.1, 0.15) is 39.4 Å². The molecule has 0 amide bonds. The summed E-state index contributed by atoms with van der Waals surface area (Å²) in [6, 6.07) is 13.0. The van der Waals surface area contributed by atoms with Gasteiger partial charge in [0, 0.05) is 0 Å². The molecular formula is C17H22N2. The van der Waals surface area contributed by atoms with Gasteiger partial charge in [-0.25, -0.2) is 5.43 Å². The molecule has 0 radical (unpaired) electrons. The van der Waals surface area contributed by atoms with Gasteiger partial charge >= 0.3 is 0 Å². The number of nitrogens with one attached hydrogen (secondary N) is 1. The molecule has 2 heteroatoms. The first-order chi connectivity index (χ1) is 9.02. The Morgan fingerprint density at radius 2 is 1.42 bits per heavy atom. The zero-order chi connectivity index (χ0) is 14.0. The maximum Gasteiger partial charge on any atom is 0.0712 e. The smallest absolute Gasteiger partial charge is 0.0712 e. The first-order valence-electron chi connectivity index (χ1n) is 6.63. The SMILES string of the molecule is Cc1ccc(C(NN)c2cc(C)c(C)cc2C)cc1. The number of nitrogens with two attached hydrogens (primary N) is 1. The highest BCUT2D eigenvalue weighted by Crippen LogP contribution is 2.26. The van der Waals surface area contributed by atoms with Crippen molar-refractivity contribution in [3.8, 4) is 0 Å². The van der Waals surface area contributed by atoms with Crippen LogP contribution in [0.5, 0.6) is 0 Å². The molecule has 0 saturated heterocycles. The van der Waals surface area contributed by atoms with Gasteiger partial charge in [0.1, 0.15) is 0 Å². The molecule has 0 fully saturated rings. The normalized spacial score (nSPS) is 12.5. The number of hydrogen-bond donors (Lipinski definition) is 2. The summed E-state index contributed by atoms with van der Waals surface area (Å²) in [6.07, 6.45) is 0. The Hall–Kier alpha value is -1.64. The first-order valence-corrected chi connectivity index (χ1v) is 6.63. The molecule has 2 nitrogen and oxygen atoms in total. The van der Waals surface area contributed by atoms with E-state index in [1.807, 2.05) is 0 Å². The zero-order valence-electron chi connectivity index (χ0n) is 12.1. The number of benzene rings is 2. The molecule has 0 heterocycles. The summed E-state index contributed by atoms with van der Waals surface area (Å²) in [7, 11) is 0. The lowest BCUT2D eigenvalue weighted by atomic mass is 9.92. The fourth-order valence-corrected chi connectivity index (χ4v) is 2.42. The topological polar surface area (TPSA) is 38.0 Å². The zero-order valence-corrected chi connectivity index (χ0v) is 12.1. The standard InChI is InChI=1S/C17H22N2/c1-11-5-7-15(8-6-11)17(19-18)16-10-13(3)12(2)9-14(16)4/h5-10,17,19H,18H2,1-4H3. The Morgan fingerprint density at radius 1 is 0.842 bits per heavy atom. The molecule has 0 aliphatic carbocycles. The highest BCUT2D eigenvalue weighted by Gasteiger charge is 2.15. The van der Waals surface area contributed by atoms with E-state index in [0.29, 0.717) is 0 Å². The van der Waals surface area contributed by atoms with Gasteiger partial charge in [-0.2, -0.15) is 0 Å². The molecule has 19 heavy (non-hydrogen) atoms. The maximum absolute atomic E-state index is 5.78. The highest BCUT2D eigenvalue weighted by molar-refractivity contribution is 5.42. The summed E-state index contributed by atoms with van der Waals surface area (Å²) in [4.78, 5) is 0. The van der Waals surface area contributed by atoms with Crippen LogP contribution in [0.25, 0.3) is 0 Å². The van der Waals surface area contributed by atoms with Crippen molar-refractivity contribution in [3.63, 3.8) is 0 Å². The van der Waals surface area contributed by atoms with Gasteiger partial charge in [-0.3, -0.25) is 5.84 Å². The third kappa shape index (κ3) is 2.86. The fraction of sp³-hybridized carbons (Fsp3) is 0.294. The minimum Gasteiger partial charge on any atom is -0.271 e. The van der Waals surface area contributed by atoms with Crippen LogP contribution in [-0.4, -0.2) is 0 Å². The fourth-order valence-electron chi connectivity index (χ4n) is 2.42. The maximum atomic E-state index is 5.78. The van der Waals surface area contributed by atoms with E-state index < -0.39 is 0 Å². The summed E-state index contributed by atoms with van der Waals surface area (Å²) in [5.74, 6) is 5.78. The molecule has 2 aromatic carbocycles. The highest BCUT2D eigenvalue weighted by atomic mass is 15.2. The van der Waals surface area contributed by atoms with Gasteiger partial charge in [-0.1, -0.05) is 42.0 Å². The second-order valence-electron chi connectivity index (χ2n) is 5.30. The van der Waals surface area contributed by atoms with Crippen molar-refractivity contribution in [1.82, 2.24) is 5.43 Å². The number of rotatable bonds is 3. The monoisotopic (exact) mass is 254 g/mol. The van der Waals surface area contributed by atoms with Crippen molar-refractivity contribution in [2.45, 2.75) is 33.7 Å². The molecule has 0 bridgehead atoms. The summed E-state index contributed by atoms with van der Waals surface area (Å²) in [6.45, 7) is 8.51. The van der Waals surface area contributed by atoms with Crippen molar-refractivity contribution < 1.29 is 0 Å². The first kappa shape index (κ1) is 13.8. The van der Waals surface area contributed by atoms with Crippen LogP contribution < -0.4 is 11.3 Å². The van der Waals surface area contributed by atoms with E-state index in [2.05, 4.69) is 69.5 Å². The van der Waals surface area contributed by atoms with E-state index in [4.69, 9.17) is 5.84 Å². The van der Waals surface area contributed by atoms with Crippen LogP contribution in [0.15, 0.2) is 36.4 Å². The molecule has 1 atom stereocenters. The molecule has 0 spiro atoms. The minimum absolute atomic E-state index is 0.0416. The van der Waals surface area contributed by atoms with Gasteiger partial charge in [0.2, 0.25) is 0 Å². The van der Waals surface area contributed by atoms with E-state index in [-0.39, 0.29) is 6.04 Å². The van der Waals surface area contributed by atoms with Crippen LogP contribution in [0.2, 0.25) is 0 Å².